The van der Waals surface area contributed by atoms with Crippen LogP contribution in [0.15, 0.2) is 36.7 Å². The van der Waals surface area contributed by atoms with Gasteiger partial charge in [-0.15, -0.1) is 0 Å². The molecule has 0 aliphatic heterocycles. The van der Waals surface area contributed by atoms with Crippen LogP contribution in [0, 0.1) is 0 Å². The number of aromatic nitrogens is 2. The van der Waals surface area contributed by atoms with Gasteiger partial charge in [0.15, 0.2) is 0 Å². The van der Waals surface area contributed by atoms with E-state index in [1.807, 2.05) is 18.5 Å². The highest BCUT2D eigenvalue weighted by atomic mass is 19.4. The Hall–Kier alpha value is -1.82. The van der Waals surface area contributed by atoms with E-state index in [-0.39, 0.29) is 6.04 Å². The lowest BCUT2D eigenvalue weighted by atomic mass is 10.0. The Labute approximate surface area is 121 Å². The van der Waals surface area contributed by atoms with Gasteiger partial charge in [-0.25, -0.2) is 4.98 Å². The predicted molar refractivity (Wildman–Crippen MR) is 74.8 cm³/mol. The smallest absolute Gasteiger partial charge is 0.336 e. The highest BCUT2D eigenvalue weighted by molar-refractivity contribution is 5.31. The van der Waals surface area contributed by atoms with Crippen LogP contribution in [-0.2, 0) is 13.2 Å². The third kappa shape index (κ3) is 3.64. The highest BCUT2D eigenvalue weighted by Crippen LogP contribution is 2.31. The van der Waals surface area contributed by atoms with Crippen molar-refractivity contribution < 1.29 is 13.2 Å². The minimum Gasteiger partial charge on any atom is -0.336 e. The summed E-state index contributed by atoms with van der Waals surface area (Å²) < 4.78 is 40.4. The summed E-state index contributed by atoms with van der Waals surface area (Å²) in [5, 5.41) is 3.26. The lowest BCUT2D eigenvalue weighted by Gasteiger charge is -2.20. The molecule has 1 heterocycles. The third-order valence-corrected chi connectivity index (χ3v) is 3.26. The Balaban J connectivity index is 2.40. The van der Waals surface area contributed by atoms with Crippen LogP contribution in [0.3, 0.4) is 0 Å². The van der Waals surface area contributed by atoms with Gasteiger partial charge in [0.2, 0.25) is 0 Å². The van der Waals surface area contributed by atoms with E-state index in [2.05, 4.69) is 10.3 Å². The molecule has 0 spiro atoms. The zero-order valence-corrected chi connectivity index (χ0v) is 12.0. The van der Waals surface area contributed by atoms with Gasteiger partial charge < -0.3 is 9.88 Å². The van der Waals surface area contributed by atoms with Crippen molar-refractivity contribution in [1.82, 2.24) is 14.9 Å². The van der Waals surface area contributed by atoms with Crippen LogP contribution < -0.4 is 5.32 Å². The summed E-state index contributed by atoms with van der Waals surface area (Å²) >= 11 is 0. The topological polar surface area (TPSA) is 29.9 Å². The molecule has 0 radical (unpaired) electrons. The Bertz CT molecular complexity index is 590. The average molecular weight is 297 g/mol. The molecular weight excluding hydrogens is 279 g/mol. The number of hydrogen-bond acceptors (Lipinski definition) is 2. The van der Waals surface area contributed by atoms with E-state index in [1.54, 1.807) is 18.5 Å². The van der Waals surface area contributed by atoms with Crippen LogP contribution >= 0.6 is 0 Å². The number of nitrogens with zero attached hydrogens (tertiary/aromatic N) is 2. The molecule has 0 aliphatic rings. The first-order chi connectivity index (χ1) is 9.93. The zero-order chi connectivity index (χ0) is 15.5. The summed E-state index contributed by atoms with van der Waals surface area (Å²) in [6, 6.07) is 5.03. The Morgan fingerprint density at radius 1 is 1.33 bits per heavy atom. The summed E-state index contributed by atoms with van der Waals surface area (Å²) in [6.07, 6.45) is -0.0278. The molecular formula is C15H18F3N3. The van der Waals surface area contributed by atoms with Crippen molar-refractivity contribution >= 4 is 0 Å². The summed E-state index contributed by atoms with van der Waals surface area (Å²) in [7, 11) is 1.83. The summed E-state index contributed by atoms with van der Waals surface area (Å²) in [5.74, 6) is 0.697. The van der Waals surface area contributed by atoms with Crippen molar-refractivity contribution in [2.24, 2.45) is 7.05 Å². The first-order valence-corrected chi connectivity index (χ1v) is 6.81. The lowest BCUT2D eigenvalue weighted by molar-refractivity contribution is -0.137. The van der Waals surface area contributed by atoms with Crippen LogP contribution in [0.25, 0.3) is 0 Å². The molecule has 1 N–H and O–H groups in total. The van der Waals surface area contributed by atoms with Gasteiger partial charge in [-0.1, -0.05) is 19.1 Å². The number of benzene rings is 1. The minimum atomic E-state index is -4.34. The molecule has 0 saturated carbocycles. The number of imidazole rings is 1. The second-order valence-electron chi connectivity index (χ2n) is 4.91. The molecule has 1 unspecified atom stereocenters. The molecule has 1 atom stereocenters. The predicted octanol–water partition coefficient (Wildman–Crippen LogP) is 3.53. The van der Waals surface area contributed by atoms with Gasteiger partial charge >= 0.3 is 6.18 Å². The van der Waals surface area contributed by atoms with Crippen molar-refractivity contribution in [2.45, 2.75) is 25.6 Å². The second kappa shape index (κ2) is 6.30. The number of hydrogen-bond donors (Lipinski definition) is 1. The molecule has 0 aliphatic carbocycles. The zero-order valence-electron chi connectivity index (χ0n) is 12.0. The van der Waals surface area contributed by atoms with E-state index in [0.29, 0.717) is 17.9 Å². The van der Waals surface area contributed by atoms with E-state index < -0.39 is 11.7 Å². The fraction of sp³-hybridized carbons (Fsp3) is 0.400. The van der Waals surface area contributed by atoms with Crippen molar-refractivity contribution in [3.8, 4) is 0 Å². The van der Waals surface area contributed by atoms with E-state index >= 15 is 0 Å². The maximum Gasteiger partial charge on any atom is 0.416 e. The van der Waals surface area contributed by atoms with Crippen LogP contribution in [0.1, 0.15) is 36.3 Å². The molecule has 6 heteroatoms. The van der Waals surface area contributed by atoms with E-state index in [1.165, 1.54) is 12.1 Å². The van der Waals surface area contributed by atoms with Crippen molar-refractivity contribution in [3.63, 3.8) is 0 Å². The number of nitrogens with one attached hydrogen (secondary N) is 1. The molecule has 21 heavy (non-hydrogen) atoms. The molecule has 0 fully saturated rings. The minimum absolute atomic E-state index is 0.354. The molecule has 2 aromatic rings. The maximum atomic E-state index is 12.9. The summed E-state index contributed by atoms with van der Waals surface area (Å²) in [4.78, 5) is 4.26. The van der Waals surface area contributed by atoms with Gasteiger partial charge in [-0.3, -0.25) is 0 Å². The summed E-state index contributed by atoms with van der Waals surface area (Å²) in [5.41, 5.74) is -0.0786. The van der Waals surface area contributed by atoms with Crippen molar-refractivity contribution in [2.75, 3.05) is 6.54 Å². The normalized spacial score (nSPS) is 13.4. The van der Waals surface area contributed by atoms with Crippen LogP contribution in [0.5, 0.6) is 0 Å². The molecule has 1 aromatic heterocycles. The molecule has 2 rings (SSSR count). The number of aryl methyl sites for hydroxylation is 1. The number of halogens is 3. The van der Waals surface area contributed by atoms with Gasteiger partial charge in [-0.2, -0.15) is 13.2 Å². The third-order valence-electron chi connectivity index (χ3n) is 3.26. The number of rotatable bonds is 5. The summed E-state index contributed by atoms with van der Waals surface area (Å²) in [6.45, 7) is 2.71. The first-order valence-electron chi connectivity index (χ1n) is 6.81. The van der Waals surface area contributed by atoms with Gasteiger partial charge in [0.1, 0.15) is 5.82 Å². The standard InChI is InChI=1S/C15H18F3N3/c1-3-7-19-13(14-20-8-9-21(14)2)11-5-4-6-12(10-11)15(16,17)18/h4-6,8-10,13,19H,3,7H2,1-2H3. The molecule has 114 valence electrons. The second-order valence-corrected chi connectivity index (χ2v) is 4.91. The Morgan fingerprint density at radius 3 is 2.67 bits per heavy atom. The van der Waals surface area contributed by atoms with Crippen molar-refractivity contribution in [3.05, 3.63) is 53.6 Å². The Kier molecular flexibility index (Phi) is 4.67. The monoisotopic (exact) mass is 297 g/mol. The lowest BCUT2D eigenvalue weighted by Crippen LogP contribution is -2.26. The molecule has 0 amide bonds. The van der Waals surface area contributed by atoms with Gasteiger partial charge in [0.25, 0.3) is 0 Å². The number of alkyl halides is 3. The Morgan fingerprint density at radius 2 is 2.10 bits per heavy atom. The van der Waals surface area contributed by atoms with Gasteiger partial charge in [-0.05, 0) is 30.7 Å². The average Bonchev–Trinajstić information content (AvgIpc) is 2.85. The van der Waals surface area contributed by atoms with E-state index in [9.17, 15) is 13.2 Å². The maximum absolute atomic E-state index is 12.9. The fourth-order valence-corrected chi connectivity index (χ4v) is 2.20. The van der Waals surface area contributed by atoms with Crippen molar-refractivity contribution in [1.29, 1.82) is 0 Å². The van der Waals surface area contributed by atoms with E-state index in [4.69, 9.17) is 0 Å². The highest BCUT2D eigenvalue weighted by Gasteiger charge is 2.31. The molecule has 3 nitrogen and oxygen atoms in total. The largest absolute Gasteiger partial charge is 0.416 e. The van der Waals surface area contributed by atoms with Crippen LogP contribution in [0.4, 0.5) is 13.2 Å². The van der Waals surface area contributed by atoms with Crippen LogP contribution in [0.2, 0.25) is 0 Å². The van der Waals surface area contributed by atoms with Gasteiger partial charge in [0, 0.05) is 19.4 Å². The molecule has 0 saturated heterocycles. The quantitative estimate of drug-likeness (QED) is 0.915. The SMILES string of the molecule is CCCNC(c1cccc(C(F)(F)F)c1)c1nccn1C. The first kappa shape index (κ1) is 15.6. The fourth-order valence-electron chi connectivity index (χ4n) is 2.20. The van der Waals surface area contributed by atoms with E-state index in [0.717, 1.165) is 12.5 Å². The van der Waals surface area contributed by atoms with Gasteiger partial charge in [0.05, 0.1) is 11.6 Å². The molecule has 1 aromatic carbocycles. The van der Waals surface area contributed by atoms with Crippen LogP contribution in [-0.4, -0.2) is 16.1 Å². The molecule has 0 bridgehead atoms.